The summed E-state index contributed by atoms with van der Waals surface area (Å²) in [5.74, 6) is 1.88. The van der Waals surface area contributed by atoms with Crippen molar-refractivity contribution in [3.63, 3.8) is 0 Å². The zero-order valence-electron chi connectivity index (χ0n) is 16.0. The van der Waals surface area contributed by atoms with E-state index >= 15 is 0 Å². The van der Waals surface area contributed by atoms with Gasteiger partial charge in [-0.15, -0.1) is 0 Å². The average Bonchev–Trinajstić information content (AvgIpc) is 3.32. The van der Waals surface area contributed by atoms with Gasteiger partial charge in [0.25, 0.3) is 0 Å². The fourth-order valence-electron chi connectivity index (χ4n) is 4.10. The first-order chi connectivity index (χ1) is 12.3. The third kappa shape index (κ3) is 5.21. The number of nitrogens with zero attached hydrogens (tertiary/aromatic N) is 3. The maximum atomic E-state index is 4.51. The Kier molecular flexibility index (Phi) is 6.74. The van der Waals surface area contributed by atoms with Crippen molar-refractivity contribution < 1.29 is 0 Å². The van der Waals surface area contributed by atoms with Crippen molar-refractivity contribution in [1.82, 2.24) is 15.1 Å². The van der Waals surface area contributed by atoms with Crippen LogP contribution >= 0.6 is 0 Å². The largest absolute Gasteiger partial charge is 0.356 e. The molecule has 4 heteroatoms. The summed E-state index contributed by atoms with van der Waals surface area (Å²) < 4.78 is 0. The summed E-state index contributed by atoms with van der Waals surface area (Å²) in [5, 5.41) is 3.56. The number of aryl methyl sites for hydroxylation is 1. The van der Waals surface area contributed by atoms with Gasteiger partial charge in [0.1, 0.15) is 0 Å². The van der Waals surface area contributed by atoms with E-state index < -0.39 is 0 Å². The average molecular weight is 343 g/mol. The SMILES string of the molecule is CCc1ccc(CCNC(=NC)N2CCC(CN3CCCC3)C2)cc1. The maximum Gasteiger partial charge on any atom is 0.193 e. The van der Waals surface area contributed by atoms with Gasteiger partial charge in [0.2, 0.25) is 0 Å². The van der Waals surface area contributed by atoms with Crippen molar-refractivity contribution in [2.45, 2.75) is 39.0 Å². The Morgan fingerprint density at radius 3 is 2.52 bits per heavy atom. The van der Waals surface area contributed by atoms with Gasteiger partial charge in [0.05, 0.1) is 0 Å². The van der Waals surface area contributed by atoms with Gasteiger partial charge in [-0.3, -0.25) is 4.99 Å². The number of nitrogens with one attached hydrogen (secondary N) is 1. The molecule has 1 atom stereocenters. The van der Waals surface area contributed by atoms with Gasteiger partial charge in [0, 0.05) is 33.2 Å². The van der Waals surface area contributed by atoms with E-state index in [0.717, 1.165) is 44.4 Å². The molecule has 3 rings (SSSR count). The minimum absolute atomic E-state index is 0.804. The Balaban J connectivity index is 1.41. The molecule has 0 saturated carbocycles. The molecule has 1 unspecified atom stereocenters. The van der Waals surface area contributed by atoms with E-state index in [9.17, 15) is 0 Å². The molecule has 25 heavy (non-hydrogen) atoms. The van der Waals surface area contributed by atoms with Crippen LogP contribution in [0, 0.1) is 5.92 Å². The van der Waals surface area contributed by atoms with Crippen LogP contribution < -0.4 is 5.32 Å². The quantitative estimate of drug-likeness (QED) is 0.637. The summed E-state index contributed by atoms with van der Waals surface area (Å²) in [4.78, 5) is 9.60. The van der Waals surface area contributed by atoms with Crippen molar-refractivity contribution in [2.75, 3.05) is 46.3 Å². The van der Waals surface area contributed by atoms with Crippen LogP contribution in [0.4, 0.5) is 0 Å². The first-order valence-corrected chi connectivity index (χ1v) is 10.0. The summed E-state index contributed by atoms with van der Waals surface area (Å²) in [6.45, 7) is 9.33. The number of likely N-dealkylation sites (tertiary alicyclic amines) is 2. The van der Waals surface area contributed by atoms with E-state index in [-0.39, 0.29) is 0 Å². The lowest BCUT2D eigenvalue weighted by atomic mass is 10.1. The fourth-order valence-corrected chi connectivity index (χ4v) is 4.10. The highest BCUT2D eigenvalue weighted by molar-refractivity contribution is 5.80. The molecule has 4 nitrogen and oxygen atoms in total. The van der Waals surface area contributed by atoms with Gasteiger partial charge < -0.3 is 15.1 Å². The predicted molar refractivity (Wildman–Crippen MR) is 106 cm³/mol. The second-order valence-electron chi connectivity index (χ2n) is 7.50. The number of benzene rings is 1. The molecule has 138 valence electrons. The molecule has 2 saturated heterocycles. The first kappa shape index (κ1) is 18.2. The normalized spacial score (nSPS) is 21.9. The Bertz CT molecular complexity index is 546. The molecular formula is C21H34N4. The van der Waals surface area contributed by atoms with Crippen molar-refractivity contribution in [2.24, 2.45) is 10.9 Å². The Hall–Kier alpha value is -1.55. The molecule has 2 heterocycles. The number of rotatable bonds is 6. The topological polar surface area (TPSA) is 30.9 Å². The molecular weight excluding hydrogens is 308 g/mol. The molecule has 1 aromatic rings. The molecule has 2 fully saturated rings. The van der Waals surface area contributed by atoms with Gasteiger partial charge in [-0.25, -0.2) is 0 Å². The van der Waals surface area contributed by atoms with E-state index in [2.05, 4.69) is 51.3 Å². The monoisotopic (exact) mass is 342 g/mol. The number of guanidine groups is 1. The van der Waals surface area contributed by atoms with Crippen LogP contribution in [0.3, 0.4) is 0 Å². The summed E-state index contributed by atoms with van der Waals surface area (Å²) in [6.07, 6.45) is 6.24. The molecule has 0 bridgehead atoms. The third-order valence-electron chi connectivity index (χ3n) is 5.64. The molecule has 0 radical (unpaired) electrons. The second-order valence-corrected chi connectivity index (χ2v) is 7.50. The maximum absolute atomic E-state index is 4.51. The summed E-state index contributed by atoms with van der Waals surface area (Å²) in [5.41, 5.74) is 2.81. The van der Waals surface area contributed by atoms with Gasteiger partial charge in [-0.1, -0.05) is 31.2 Å². The Morgan fingerprint density at radius 1 is 1.12 bits per heavy atom. The minimum atomic E-state index is 0.804. The van der Waals surface area contributed by atoms with E-state index in [1.54, 1.807) is 0 Å². The third-order valence-corrected chi connectivity index (χ3v) is 5.64. The summed E-state index contributed by atoms with van der Waals surface area (Å²) >= 11 is 0. The van der Waals surface area contributed by atoms with Crippen LogP contribution in [-0.4, -0.2) is 62.1 Å². The molecule has 2 aliphatic rings. The van der Waals surface area contributed by atoms with Crippen LogP contribution in [0.15, 0.2) is 29.3 Å². The highest BCUT2D eigenvalue weighted by Gasteiger charge is 2.27. The lowest BCUT2D eigenvalue weighted by Gasteiger charge is -2.23. The molecule has 0 aliphatic carbocycles. The summed E-state index contributed by atoms with van der Waals surface area (Å²) in [6, 6.07) is 9.00. The fraction of sp³-hybridized carbons (Fsp3) is 0.667. The van der Waals surface area contributed by atoms with E-state index in [1.807, 2.05) is 7.05 Å². The van der Waals surface area contributed by atoms with Crippen molar-refractivity contribution in [3.05, 3.63) is 35.4 Å². The number of hydrogen-bond donors (Lipinski definition) is 1. The van der Waals surface area contributed by atoms with Crippen molar-refractivity contribution in [1.29, 1.82) is 0 Å². The number of hydrogen-bond acceptors (Lipinski definition) is 2. The Morgan fingerprint density at radius 2 is 1.84 bits per heavy atom. The van der Waals surface area contributed by atoms with Crippen LogP contribution in [0.25, 0.3) is 0 Å². The highest BCUT2D eigenvalue weighted by Crippen LogP contribution is 2.20. The predicted octanol–water partition coefficient (Wildman–Crippen LogP) is 2.78. The standard InChI is InChI=1S/C21H34N4/c1-3-18-6-8-19(9-7-18)10-12-23-21(22-2)25-15-11-20(17-25)16-24-13-4-5-14-24/h6-9,20H,3-5,10-17H2,1-2H3,(H,22,23). The van der Waals surface area contributed by atoms with E-state index in [0.29, 0.717) is 0 Å². The zero-order chi connectivity index (χ0) is 17.5. The van der Waals surface area contributed by atoms with Crippen LogP contribution in [0.5, 0.6) is 0 Å². The minimum Gasteiger partial charge on any atom is -0.356 e. The molecule has 0 spiro atoms. The smallest absolute Gasteiger partial charge is 0.193 e. The van der Waals surface area contributed by atoms with Crippen LogP contribution in [0.1, 0.15) is 37.3 Å². The van der Waals surface area contributed by atoms with E-state index in [4.69, 9.17) is 0 Å². The lowest BCUT2D eigenvalue weighted by Crippen LogP contribution is -2.41. The second kappa shape index (κ2) is 9.23. The van der Waals surface area contributed by atoms with Crippen LogP contribution in [-0.2, 0) is 12.8 Å². The number of aliphatic imine (C=N–C) groups is 1. The van der Waals surface area contributed by atoms with Gasteiger partial charge in [0.15, 0.2) is 5.96 Å². The highest BCUT2D eigenvalue weighted by atomic mass is 15.3. The van der Waals surface area contributed by atoms with Crippen molar-refractivity contribution in [3.8, 4) is 0 Å². The van der Waals surface area contributed by atoms with Crippen LogP contribution in [0.2, 0.25) is 0 Å². The molecule has 1 N–H and O–H groups in total. The molecule has 0 amide bonds. The Labute approximate surface area is 153 Å². The van der Waals surface area contributed by atoms with Gasteiger partial charge >= 0.3 is 0 Å². The first-order valence-electron chi connectivity index (χ1n) is 10.0. The van der Waals surface area contributed by atoms with E-state index in [1.165, 1.54) is 50.0 Å². The molecule has 2 aliphatic heterocycles. The summed E-state index contributed by atoms with van der Waals surface area (Å²) in [7, 11) is 1.91. The van der Waals surface area contributed by atoms with Gasteiger partial charge in [-0.05, 0) is 62.2 Å². The van der Waals surface area contributed by atoms with Crippen molar-refractivity contribution >= 4 is 5.96 Å². The van der Waals surface area contributed by atoms with Gasteiger partial charge in [-0.2, -0.15) is 0 Å². The zero-order valence-corrected chi connectivity index (χ0v) is 16.0. The molecule has 1 aromatic carbocycles. The molecule has 0 aromatic heterocycles. The lowest BCUT2D eigenvalue weighted by molar-refractivity contribution is 0.281.